The molecular weight excluding hydrogens is 327 g/mol. The summed E-state index contributed by atoms with van der Waals surface area (Å²) >= 11 is 5.80. The van der Waals surface area contributed by atoms with Gasteiger partial charge in [-0.3, -0.25) is 4.79 Å². The molecule has 1 amide bonds. The van der Waals surface area contributed by atoms with Gasteiger partial charge in [0.2, 0.25) is 5.76 Å². The van der Waals surface area contributed by atoms with Gasteiger partial charge in [0.1, 0.15) is 4.90 Å². The molecule has 2 aromatic rings. The molecule has 0 aliphatic carbocycles. The fourth-order valence-electron chi connectivity index (χ4n) is 1.44. The molecule has 0 radical (unpaired) electrons. The van der Waals surface area contributed by atoms with Crippen molar-refractivity contribution in [2.24, 2.45) is 0 Å². The number of nitrogens with zero attached hydrogens (tertiary/aromatic N) is 1. The number of aromatic nitrogens is 1. The summed E-state index contributed by atoms with van der Waals surface area (Å²) in [5.74, 6) is -0.490. The molecule has 0 atom stereocenters. The number of nitrogens with one attached hydrogen (secondary N) is 1. The van der Waals surface area contributed by atoms with Crippen molar-refractivity contribution in [3.8, 4) is 0 Å². The molecule has 1 heterocycles. The van der Waals surface area contributed by atoms with E-state index in [1.54, 1.807) is 6.92 Å². The maximum atomic E-state index is 11.8. The summed E-state index contributed by atoms with van der Waals surface area (Å²) in [5, 5.41) is 5.99. The minimum absolute atomic E-state index is 0.0349. The van der Waals surface area contributed by atoms with Crippen LogP contribution in [-0.2, 0) is 9.05 Å². The summed E-state index contributed by atoms with van der Waals surface area (Å²) in [6.45, 7) is 1.68. The second-order valence-corrected chi connectivity index (χ2v) is 6.81. The lowest BCUT2D eigenvalue weighted by Gasteiger charge is -2.05. The van der Waals surface area contributed by atoms with E-state index in [-0.39, 0.29) is 15.7 Å². The van der Waals surface area contributed by atoms with Crippen LogP contribution in [-0.4, -0.2) is 19.5 Å². The molecule has 1 aromatic carbocycles. The van der Waals surface area contributed by atoms with Gasteiger partial charge in [-0.15, -0.1) is 0 Å². The lowest BCUT2D eigenvalue weighted by atomic mass is 10.3. The molecule has 0 spiro atoms. The van der Waals surface area contributed by atoms with E-state index in [1.165, 1.54) is 24.3 Å². The first kappa shape index (κ1) is 14.8. The molecule has 2 rings (SSSR count). The van der Waals surface area contributed by atoms with Crippen molar-refractivity contribution < 1.29 is 17.7 Å². The van der Waals surface area contributed by atoms with Crippen molar-refractivity contribution in [1.82, 2.24) is 5.16 Å². The number of rotatable bonds is 3. The predicted octanol–water partition coefficient (Wildman–Crippen LogP) is 2.82. The molecule has 9 heteroatoms. The van der Waals surface area contributed by atoms with Crippen LogP contribution in [0.25, 0.3) is 0 Å². The molecule has 6 nitrogen and oxygen atoms in total. The Morgan fingerprint density at radius 1 is 1.35 bits per heavy atom. The number of hydrogen-bond donors (Lipinski definition) is 1. The Balaban J connectivity index is 2.23. The Morgan fingerprint density at radius 2 is 2.05 bits per heavy atom. The number of benzene rings is 1. The second-order valence-electron chi connectivity index (χ2n) is 3.87. The third-order valence-corrected chi connectivity index (χ3v) is 4.11. The van der Waals surface area contributed by atoms with Crippen molar-refractivity contribution in [2.75, 3.05) is 5.32 Å². The second kappa shape index (κ2) is 5.43. The van der Waals surface area contributed by atoms with E-state index in [2.05, 4.69) is 10.5 Å². The van der Waals surface area contributed by atoms with Crippen LogP contribution >= 0.6 is 22.3 Å². The van der Waals surface area contributed by atoms with Gasteiger partial charge in [0.05, 0.1) is 10.7 Å². The van der Waals surface area contributed by atoms with Crippen LogP contribution < -0.4 is 5.32 Å². The smallest absolute Gasteiger partial charge is 0.294 e. The lowest BCUT2D eigenvalue weighted by Crippen LogP contribution is -2.11. The third kappa shape index (κ3) is 3.30. The summed E-state index contributed by atoms with van der Waals surface area (Å²) in [6.07, 6.45) is 0. The maximum absolute atomic E-state index is 11.8. The number of hydrogen-bond acceptors (Lipinski definition) is 5. The highest BCUT2D eigenvalue weighted by atomic mass is 35.7. The summed E-state index contributed by atoms with van der Waals surface area (Å²) in [6, 6.07) is 5.31. The average Bonchev–Trinajstić information content (AvgIpc) is 2.74. The van der Waals surface area contributed by atoms with Crippen LogP contribution in [0.2, 0.25) is 5.02 Å². The van der Waals surface area contributed by atoms with Crippen molar-refractivity contribution in [2.45, 2.75) is 11.8 Å². The molecule has 0 aliphatic heterocycles. The molecule has 0 fully saturated rings. The third-order valence-electron chi connectivity index (χ3n) is 2.30. The van der Waals surface area contributed by atoms with Crippen LogP contribution in [0.5, 0.6) is 0 Å². The maximum Gasteiger partial charge on any atom is 0.294 e. The van der Waals surface area contributed by atoms with E-state index < -0.39 is 15.0 Å². The molecular formula is C11H8Cl2N2O4S. The Hall–Kier alpha value is -1.57. The average molecular weight is 335 g/mol. The van der Waals surface area contributed by atoms with Crippen LogP contribution in [0.15, 0.2) is 33.7 Å². The standard InChI is InChI=1S/C11H8Cl2N2O4S/c1-6-4-9(19-15-6)11(16)14-7-2-3-10(8(12)5-7)20(13,17)18/h2-5H,1H3,(H,14,16). The van der Waals surface area contributed by atoms with Gasteiger partial charge in [-0.2, -0.15) is 0 Å². The van der Waals surface area contributed by atoms with Gasteiger partial charge in [-0.1, -0.05) is 16.8 Å². The minimum atomic E-state index is -3.93. The molecule has 0 saturated carbocycles. The zero-order chi connectivity index (χ0) is 14.9. The highest BCUT2D eigenvalue weighted by molar-refractivity contribution is 8.13. The van der Waals surface area contributed by atoms with E-state index in [1.807, 2.05) is 0 Å². The Morgan fingerprint density at radius 3 is 2.55 bits per heavy atom. The summed E-state index contributed by atoms with van der Waals surface area (Å²) in [5.41, 5.74) is 0.870. The van der Waals surface area contributed by atoms with Gasteiger partial charge < -0.3 is 9.84 Å². The first-order valence-corrected chi connectivity index (χ1v) is 7.95. The predicted molar refractivity (Wildman–Crippen MR) is 73.7 cm³/mol. The minimum Gasteiger partial charge on any atom is -0.351 e. The molecule has 0 unspecified atom stereocenters. The van der Waals surface area contributed by atoms with Gasteiger partial charge >= 0.3 is 0 Å². The topological polar surface area (TPSA) is 89.3 Å². The monoisotopic (exact) mass is 334 g/mol. The summed E-state index contributed by atoms with van der Waals surface area (Å²) in [7, 11) is 1.27. The van der Waals surface area contributed by atoms with E-state index in [9.17, 15) is 13.2 Å². The van der Waals surface area contributed by atoms with Crippen molar-refractivity contribution in [3.63, 3.8) is 0 Å². The highest BCUT2D eigenvalue weighted by Crippen LogP contribution is 2.27. The molecule has 0 aliphatic rings. The number of carbonyl (C=O) groups excluding carboxylic acids is 1. The lowest BCUT2D eigenvalue weighted by molar-refractivity contribution is 0.0988. The summed E-state index contributed by atoms with van der Waals surface area (Å²) in [4.78, 5) is 11.6. The van der Waals surface area contributed by atoms with Crippen LogP contribution in [0.3, 0.4) is 0 Å². The zero-order valence-corrected chi connectivity index (χ0v) is 12.4. The Kier molecular flexibility index (Phi) is 4.03. The van der Waals surface area contributed by atoms with E-state index in [4.69, 9.17) is 26.8 Å². The summed E-state index contributed by atoms with van der Waals surface area (Å²) < 4.78 is 27.2. The van der Waals surface area contributed by atoms with E-state index in [0.717, 1.165) is 0 Å². The molecule has 0 saturated heterocycles. The fourth-order valence-corrected chi connectivity index (χ4v) is 2.97. The Labute approximate surface area is 124 Å². The molecule has 106 valence electrons. The van der Waals surface area contributed by atoms with Crippen molar-refractivity contribution in [1.29, 1.82) is 0 Å². The van der Waals surface area contributed by atoms with Gasteiger partial charge in [-0.05, 0) is 25.1 Å². The number of halogens is 2. The quantitative estimate of drug-likeness (QED) is 0.871. The highest BCUT2D eigenvalue weighted by Gasteiger charge is 2.17. The van der Waals surface area contributed by atoms with Crippen molar-refractivity contribution in [3.05, 3.63) is 40.7 Å². The molecule has 20 heavy (non-hydrogen) atoms. The fraction of sp³-hybridized carbons (Fsp3) is 0.0909. The van der Waals surface area contributed by atoms with Crippen LogP contribution in [0.1, 0.15) is 16.2 Å². The van der Waals surface area contributed by atoms with Crippen LogP contribution in [0.4, 0.5) is 5.69 Å². The SMILES string of the molecule is Cc1cc(C(=O)Nc2ccc(S(=O)(=O)Cl)c(Cl)c2)on1. The number of anilines is 1. The first-order chi connectivity index (χ1) is 9.27. The van der Waals surface area contributed by atoms with E-state index in [0.29, 0.717) is 11.4 Å². The molecule has 1 N–H and O–H groups in total. The molecule has 0 bridgehead atoms. The number of amides is 1. The zero-order valence-electron chi connectivity index (χ0n) is 10.1. The van der Waals surface area contributed by atoms with Gasteiger partial charge in [-0.25, -0.2) is 8.42 Å². The van der Waals surface area contributed by atoms with Crippen molar-refractivity contribution >= 4 is 42.9 Å². The van der Waals surface area contributed by atoms with E-state index >= 15 is 0 Å². The number of aryl methyl sites for hydroxylation is 1. The molecule has 1 aromatic heterocycles. The van der Waals surface area contributed by atoms with Crippen LogP contribution in [0, 0.1) is 6.92 Å². The van der Waals surface area contributed by atoms with Gasteiger partial charge in [0, 0.05) is 22.4 Å². The van der Waals surface area contributed by atoms with Gasteiger partial charge in [0.15, 0.2) is 0 Å². The van der Waals surface area contributed by atoms with Gasteiger partial charge in [0.25, 0.3) is 15.0 Å². The Bertz CT molecular complexity index is 770. The normalized spacial score (nSPS) is 11.3. The largest absolute Gasteiger partial charge is 0.351 e. The first-order valence-electron chi connectivity index (χ1n) is 5.26. The number of carbonyl (C=O) groups is 1.